The van der Waals surface area contributed by atoms with Crippen molar-refractivity contribution in [3.8, 4) is 0 Å². The lowest BCUT2D eigenvalue weighted by Gasteiger charge is -2.15. The summed E-state index contributed by atoms with van der Waals surface area (Å²) in [6, 6.07) is 12.6. The molecule has 144 valence electrons. The molecule has 0 saturated heterocycles. The Labute approximate surface area is 171 Å². The molecule has 1 aliphatic rings. The van der Waals surface area contributed by atoms with Crippen molar-refractivity contribution in [1.82, 2.24) is 0 Å². The van der Waals surface area contributed by atoms with Crippen LogP contribution in [0.25, 0.3) is 0 Å². The van der Waals surface area contributed by atoms with Gasteiger partial charge >= 0.3 is 5.97 Å². The summed E-state index contributed by atoms with van der Waals surface area (Å²) in [4.78, 5) is 38.1. The van der Waals surface area contributed by atoms with Gasteiger partial charge in [-0.25, -0.2) is 9.69 Å². The molecule has 8 heteroatoms. The second kappa shape index (κ2) is 8.46. The number of ether oxygens (including phenoxy) is 1. The molecule has 6 nitrogen and oxygen atoms in total. The van der Waals surface area contributed by atoms with E-state index in [4.69, 9.17) is 27.9 Å². The van der Waals surface area contributed by atoms with Crippen molar-refractivity contribution in [2.75, 3.05) is 16.8 Å². The average molecular weight is 419 g/mol. The summed E-state index contributed by atoms with van der Waals surface area (Å²) in [6.45, 7) is 2.22. The van der Waals surface area contributed by atoms with Gasteiger partial charge in [0.25, 0.3) is 11.8 Å². The van der Waals surface area contributed by atoms with Gasteiger partial charge in [0.05, 0.1) is 17.9 Å². The van der Waals surface area contributed by atoms with Crippen LogP contribution in [0.4, 0.5) is 11.4 Å². The van der Waals surface area contributed by atoms with Gasteiger partial charge in [-0.05, 0) is 55.0 Å². The van der Waals surface area contributed by atoms with Crippen molar-refractivity contribution >= 4 is 52.4 Å². The summed E-state index contributed by atoms with van der Waals surface area (Å²) < 4.78 is 5.06. The van der Waals surface area contributed by atoms with E-state index in [2.05, 4.69) is 5.32 Å². The van der Waals surface area contributed by atoms with Crippen LogP contribution in [-0.4, -0.2) is 24.4 Å². The number of benzene rings is 2. The van der Waals surface area contributed by atoms with Crippen LogP contribution in [0.2, 0.25) is 5.02 Å². The lowest BCUT2D eigenvalue weighted by atomic mass is 10.2. The Hall–Kier alpha value is -2.83. The van der Waals surface area contributed by atoms with Crippen LogP contribution < -0.4 is 10.2 Å². The molecule has 0 aromatic heterocycles. The minimum Gasteiger partial charge on any atom is -0.462 e. The molecular formula is C20H16Cl2N2O4. The van der Waals surface area contributed by atoms with Crippen LogP contribution >= 0.6 is 23.2 Å². The predicted molar refractivity (Wildman–Crippen MR) is 107 cm³/mol. The molecule has 28 heavy (non-hydrogen) atoms. The maximum Gasteiger partial charge on any atom is 0.338 e. The van der Waals surface area contributed by atoms with E-state index in [-0.39, 0.29) is 10.7 Å². The molecule has 0 unspecified atom stereocenters. The van der Waals surface area contributed by atoms with Crippen molar-refractivity contribution in [3.05, 3.63) is 69.8 Å². The second-order valence-electron chi connectivity index (χ2n) is 5.95. The SMILES string of the molecule is CCCOC(=O)c1ccc(N2C(=O)C(Cl)=C(Nc3ccc(Cl)cc3)C2=O)cc1. The second-order valence-corrected chi connectivity index (χ2v) is 6.76. The fourth-order valence-electron chi connectivity index (χ4n) is 2.55. The summed E-state index contributed by atoms with van der Waals surface area (Å²) in [5, 5.41) is 3.18. The Morgan fingerprint density at radius 3 is 2.25 bits per heavy atom. The number of carbonyl (C=O) groups is 3. The van der Waals surface area contributed by atoms with E-state index in [9.17, 15) is 14.4 Å². The largest absolute Gasteiger partial charge is 0.462 e. The molecule has 0 saturated carbocycles. The first-order valence-corrected chi connectivity index (χ1v) is 9.26. The van der Waals surface area contributed by atoms with Gasteiger partial charge in [-0.3, -0.25) is 9.59 Å². The third kappa shape index (κ3) is 4.03. The van der Waals surface area contributed by atoms with Crippen molar-refractivity contribution in [2.45, 2.75) is 13.3 Å². The number of imide groups is 1. The summed E-state index contributed by atoms with van der Waals surface area (Å²) >= 11 is 11.9. The number of carbonyl (C=O) groups excluding carboxylic acids is 3. The van der Waals surface area contributed by atoms with E-state index in [1.165, 1.54) is 24.3 Å². The first-order chi connectivity index (χ1) is 13.4. The number of nitrogens with one attached hydrogen (secondary N) is 1. The van der Waals surface area contributed by atoms with Gasteiger partial charge in [-0.1, -0.05) is 30.1 Å². The van der Waals surface area contributed by atoms with Crippen molar-refractivity contribution in [3.63, 3.8) is 0 Å². The van der Waals surface area contributed by atoms with Gasteiger partial charge < -0.3 is 10.1 Å². The van der Waals surface area contributed by atoms with Crippen LogP contribution in [0.5, 0.6) is 0 Å². The molecule has 2 aromatic rings. The molecule has 1 aliphatic heterocycles. The number of hydrogen-bond donors (Lipinski definition) is 1. The summed E-state index contributed by atoms with van der Waals surface area (Å²) in [6.07, 6.45) is 0.716. The third-order valence-corrected chi connectivity index (χ3v) is 4.54. The van der Waals surface area contributed by atoms with Crippen LogP contribution in [0.15, 0.2) is 59.3 Å². The number of halogens is 2. The third-order valence-electron chi connectivity index (χ3n) is 3.94. The van der Waals surface area contributed by atoms with Crippen LogP contribution in [0.1, 0.15) is 23.7 Å². The maximum absolute atomic E-state index is 12.7. The van der Waals surface area contributed by atoms with E-state index in [1.54, 1.807) is 24.3 Å². The Kier molecular flexibility index (Phi) is 6.02. The minimum absolute atomic E-state index is 0.0274. The van der Waals surface area contributed by atoms with Gasteiger partial charge in [-0.15, -0.1) is 0 Å². The van der Waals surface area contributed by atoms with Crippen molar-refractivity contribution in [2.24, 2.45) is 0 Å². The summed E-state index contributed by atoms with van der Waals surface area (Å²) in [7, 11) is 0. The molecular weight excluding hydrogens is 403 g/mol. The highest BCUT2D eigenvalue weighted by Crippen LogP contribution is 2.30. The first kappa shape index (κ1) is 19.9. The Bertz CT molecular complexity index is 953. The van der Waals surface area contributed by atoms with Crippen molar-refractivity contribution in [1.29, 1.82) is 0 Å². The van der Waals surface area contributed by atoms with E-state index in [0.29, 0.717) is 35.0 Å². The predicted octanol–water partition coefficient (Wildman–Crippen LogP) is 4.34. The molecule has 0 atom stereocenters. The summed E-state index contributed by atoms with van der Waals surface area (Å²) in [5.74, 6) is -1.70. The lowest BCUT2D eigenvalue weighted by molar-refractivity contribution is -0.120. The normalized spacial score (nSPS) is 13.9. The van der Waals surface area contributed by atoms with Gasteiger partial charge in [0.1, 0.15) is 10.7 Å². The van der Waals surface area contributed by atoms with Crippen LogP contribution in [-0.2, 0) is 14.3 Å². The molecule has 3 rings (SSSR count). The van der Waals surface area contributed by atoms with Crippen molar-refractivity contribution < 1.29 is 19.1 Å². The molecule has 0 spiro atoms. The Morgan fingerprint density at radius 2 is 1.64 bits per heavy atom. The van der Waals surface area contributed by atoms with Gasteiger partial charge in [0, 0.05) is 10.7 Å². The van der Waals surface area contributed by atoms with E-state index in [1.807, 2.05) is 6.92 Å². The summed E-state index contributed by atoms with van der Waals surface area (Å²) in [5.41, 5.74) is 1.16. The molecule has 2 aromatic carbocycles. The van der Waals surface area contributed by atoms with Gasteiger partial charge in [0.15, 0.2) is 0 Å². The molecule has 0 bridgehead atoms. The van der Waals surface area contributed by atoms with Gasteiger partial charge in [0.2, 0.25) is 0 Å². The van der Waals surface area contributed by atoms with Crippen LogP contribution in [0, 0.1) is 0 Å². The number of anilines is 2. The maximum atomic E-state index is 12.7. The molecule has 0 fully saturated rings. The number of nitrogens with zero attached hydrogens (tertiary/aromatic N) is 1. The number of esters is 1. The molecule has 0 radical (unpaired) electrons. The molecule has 1 N–H and O–H groups in total. The Balaban J connectivity index is 1.79. The van der Waals surface area contributed by atoms with E-state index < -0.39 is 17.8 Å². The fraction of sp³-hybridized carbons (Fsp3) is 0.150. The highest BCUT2D eigenvalue weighted by molar-refractivity contribution is 6.53. The highest BCUT2D eigenvalue weighted by Gasteiger charge is 2.39. The van der Waals surface area contributed by atoms with Gasteiger partial charge in [-0.2, -0.15) is 0 Å². The number of rotatable bonds is 6. The zero-order valence-electron chi connectivity index (χ0n) is 14.9. The molecule has 0 aliphatic carbocycles. The van der Waals surface area contributed by atoms with E-state index >= 15 is 0 Å². The Morgan fingerprint density at radius 1 is 1.00 bits per heavy atom. The molecule has 2 amide bonds. The lowest BCUT2D eigenvalue weighted by Crippen LogP contribution is -2.32. The van der Waals surface area contributed by atoms with Crippen LogP contribution in [0.3, 0.4) is 0 Å². The first-order valence-electron chi connectivity index (χ1n) is 8.50. The zero-order valence-corrected chi connectivity index (χ0v) is 16.4. The topological polar surface area (TPSA) is 75.7 Å². The molecule has 1 heterocycles. The monoisotopic (exact) mass is 418 g/mol. The smallest absolute Gasteiger partial charge is 0.338 e. The standard InChI is InChI=1S/C20H16Cl2N2O4/c1-2-11-28-20(27)12-3-9-15(10-4-12)24-18(25)16(22)17(19(24)26)23-14-7-5-13(21)6-8-14/h3-10,23H,2,11H2,1H3. The van der Waals surface area contributed by atoms with E-state index in [0.717, 1.165) is 4.90 Å². The number of hydrogen-bond acceptors (Lipinski definition) is 5. The number of amides is 2. The average Bonchev–Trinajstić information content (AvgIpc) is 2.91. The fourth-order valence-corrected chi connectivity index (χ4v) is 2.89. The minimum atomic E-state index is -0.649. The zero-order chi connectivity index (χ0) is 20.3. The quantitative estimate of drug-likeness (QED) is 0.557. The highest BCUT2D eigenvalue weighted by atomic mass is 35.5.